The first-order chi connectivity index (χ1) is 8.04. The monoisotopic (exact) mass is 304 g/mol. The Morgan fingerprint density at radius 3 is 2.53 bits per heavy atom. The number of aromatic nitrogens is 2. The van der Waals surface area contributed by atoms with Crippen LogP contribution in [0.1, 0.15) is 10.6 Å². The number of rotatable bonds is 2. The van der Waals surface area contributed by atoms with E-state index in [4.69, 9.17) is 0 Å². The average Bonchev–Trinajstić information content (AvgIpc) is 2.68. The van der Waals surface area contributed by atoms with E-state index in [9.17, 15) is 18.0 Å². The van der Waals surface area contributed by atoms with Crippen molar-refractivity contribution in [1.82, 2.24) is 9.97 Å². The van der Waals surface area contributed by atoms with Crippen LogP contribution in [0.4, 0.5) is 13.2 Å². The van der Waals surface area contributed by atoms with Crippen molar-refractivity contribution >= 4 is 22.2 Å². The van der Waals surface area contributed by atoms with Crippen molar-refractivity contribution in [3.05, 3.63) is 40.0 Å². The largest absolute Gasteiger partial charge is 0.330 e. The van der Waals surface area contributed by atoms with Crippen LogP contribution in [0.15, 0.2) is 16.7 Å². The Morgan fingerprint density at radius 2 is 1.94 bits per heavy atom. The Labute approximate surface area is 102 Å². The molecule has 1 heterocycles. The summed E-state index contributed by atoms with van der Waals surface area (Å²) in [5, 5.41) is 0. The Morgan fingerprint density at radius 1 is 1.24 bits per heavy atom. The van der Waals surface area contributed by atoms with Gasteiger partial charge in [0.15, 0.2) is 29.6 Å². The number of benzene rings is 1. The Balaban J connectivity index is 2.64. The molecular formula is C10H4BrF3N2O. The van der Waals surface area contributed by atoms with Gasteiger partial charge in [-0.15, -0.1) is 0 Å². The normalized spacial score (nSPS) is 10.6. The molecule has 0 aliphatic rings. The average molecular weight is 305 g/mol. The smallest absolute Gasteiger partial charge is 0.195 e. The molecule has 0 radical (unpaired) electrons. The van der Waals surface area contributed by atoms with Gasteiger partial charge in [0.05, 0.1) is 0 Å². The molecule has 0 bridgehead atoms. The van der Waals surface area contributed by atoms with Gasteiger partial charge in [-0.05, 0) is 28.1 Å². The van der Waals surface area contributed by atoms with Gasteiger partial charge in [0.25, 0.3) is 0 Å². The van der Waals surface area contributed by atoms with Crippen molar-refractivity contribution in [3.8, 4) is 11.3 Å². The molecule has 2 aromatic rings. The zero-order valence-electron chi connectivity index (χ0n) is 8.10. The lowest BCUT2D eigenvalue weighted by molar-refractivity contribution is 0.111. The quantitative estimate of drug-likeness (QED) is 0.684. The molecule has 17 heavy (non-hydrogen) atoms. The summed E-state index contributed by atoms with van der Waals surface area (Å²) in [6, 6.07) is 1.83. The van der Waals surface area contributed by atoms with Gasteiger partial charge in [0, 0.05) is 5.56 Å². The van der Waals surface area contributed by atoms with E-state index in [0.29, 0.717) is 6.29 Å². The summed E-state index contributed by atoms with van der Waals surface area (Å²) < 4.78 is 39.4. The lowest BCUT2D eigenvalue weighted by atomic mass is 10.1. The van der Waals surface area contributed by atoms with Crippen LogP contribution in [-0.2, 0) is 0 Å². The molecule has 1 aromatic heterocycles. The van der Waals surface area contributed by atoms with Gasteiger partial charge in [0.1, 0.15) is 10.3 Å². The van der Waals surface area contributed by atoms with E-state index >= 15 is 0 Å². The summed E-state index contributed by atoms with van der Waals surface area (Å²) >= 11 is 3.01. The first-order valence-corrected chi connectivity index (χ1v) is 5.18. The third-order valence-corrected chi connectivity index (χ3v) is 2.65. The minimum atomic E-state index is -1.58. The number of nitrogens with one attached hydrogen (secondary N) is 1. The number of hydrogen-bond donors (Lipinski definition) is 1. The molecule has 88 valence electrons. The Hall–Kier alpha value is -1.63. The molecule has 0 saturated heterocycles. The van der Waals surface area contributed by atoms with Gasteiger partial charge in [-0.2, -0.15) is 0 Å². The number of halogens is 4. The maximum atomic E-state index is 13.5. The summed E-state index contributed by atoms with van der Waals surface area (Å²) in [6.07, 6.45) is 0.423. The number of carbonyl (C=O) groups is 1. The van der Waals surface area contributed by atoms with E-state index in [0.717, 1.165) is 12.1 Å². The van der Waals surface area contributed by atoms with Crippen molar-refractivity contribution in [1.29, 1.82) is 0 Å². The van der Waals surface area contributed by atoms with E-state index in [1.54, 1.807) is 0 Å². The molecule has 0 aliphatic heterocycles. The number of imidazole rings is 1. The van der Waals surface area contributed by atoms with Crippen LogP contribution in [0.5, 0.6) is 0 Å². The third-order valence-electron chi connectivity index (χ3n) is 2.08. The van der Waals surface area contributed by atoms with Gasteiger partial charge in [-0.1, -0.05) is 0 Å². The molecule has 7 heteroatoms. The predicted octanol–water partition coefficient (Wildman–Crippen LogP) is 3.07. The van der Waals surface area contributed by atoms with E-state index in [2.05, 4.69) is 25.9 Å². The zero-order valence-corrected chi connectivity index (χ0v) is 9.69. The highest BCUT2D eigenvalue weighted by Crippen LogP contribution is 2.29. The fraction of sp³-hybridized carbons (Fsp3) is 0. The van der Waals surface area contributed by atoms with E-state index in [-0.39, 0.29) is 21.7 Å². The van der Waals surface area contributed by atoms with Gasteiger partial charge in [-0.3, -0.25) is 4.79 Å². The Kier molecular flexibility index (Phi) is 3.01. The van der Waals surface area contributed by atoms with Crippen molar-refractivity contribution < 1.29 is 18.0 Å². The molecule has 1 aromatic carbocycles. The first-order valence-electron chi connectivity index (χ1n) is 4.39. The Bertz CT molecular complexity index is 597. The molecule has 3 nitrogen and oxygen atoms in total. The lowest BCUT2D eigenvalue weighted by Crippen LogP contribution is -1.94. The van der Waals surface area contributed by atoms with Crippen LogP contribution in [0.2, 0.25) is 0 Å². The number of aldehydes is 1. The summed E-state index contributed by atoms with van der Waals surface area (Å²) in [6.45, 7) is 0. The predicted molar refractivity (Wildman–Crippen MR) is 57.0 cm³/mol. The second-order valence-electron chi connectivity index (χ2n) is 3.13. The van der Waals surface area contributed by atoms with Crippen LogP contribution < -0.4 is 0 Å². The molecule has 0 unspecified atom stereocenters. The fourth-order valence-electron chi connectivity index (χ4n) is 1.31. The number of hydrogen-bond acceptors (Lipinski definition) is 2. The molecule has 0 aliphatic carbocycles. The van der Waals surface area contributed by atoms with E-state index in [1.165, 1.54) is 0 Å². The maximum absolute atomic E-state index is 13.5. The summed E-state index contributed by atoms with van der Waals surface area (Å²) in [7, 11) is 0. The molecule has 0 atom stereocenters. The standard InChI is InChI=1S/C10H4BrF3N2O/c11-10-9(15-6(3-17)16-10)4-1-2-5(12)8(14)7(4)13/h1-3H,(H,15,16). The number of aromatic amines is 1. The molecule has 0 amide bonds. The van der Waals surface area contributed by atoms with Gasteiger partial charge < -0.3 is 4.98 Å². The van der Waals surface area contributed by atoms with E-state index in [1.807, 2.05) is 0 Å². The lowest BCUT2D eigenvalue weighted by Gasteiger charge is -2.01. The van der Waals surface area contributed by atoms with Gasteiger partial charge in [-0.25, -0.2) is 18.2 Å². The van der Waals surface area contributed by atoms with Crippen LogP contribution in [0.3, 0.4) is 0 Å². The van der Waals surface area contributed by atoms with Crippen molar-refractivity contribution in [2.75, 3.05) is 0 Å². The molecular weight excluding hydrogens is 301 g/mol. The summed E-state index contributed by atoms with van der Waals surface area (Å²) in [4.78, 5) is 16.7. The number of H-pyrrole nitrogens is 1. The zero-order chi connectivity index (χ0) is 12.6. The molecule has 0 saturated carbocycles. The molecule has 0 fully saturated rings. The summed E-state index contributed by atoms with van der Waals surface area (Å²) in [5.41, 5.74) is -0.233. The van der Waals surface area contributed by atoms with Crippen LogP contribution in [-0.4, -0.2) is 16.3 Å². The molecule has 1 N–H and O–H groups in total. The topological polar surface area (TPSA) is 45.8 Å². The summed E-state index contributed by atoms with van der Waals surface area (Å²) in [5.74, 6) is -4.26. The third kappa shape index (κ3) is 1.97. The van der Waals surface area contributed by atoms with Crippen LogP contribution in [0.25, 0.3) is 11.3 Å². The fourth-order valence-corrected chi connectivity index (χ4v) is 1.82. The second-order valence-corrected chi connectivity index (χ2v) is 3.92. The van der Waals surface area contributed by atoms with Crippen molar-refractivity contribution in [3.63, 3.8) is 0 Å². The minimum Gasteiger partial charge on any atom is -0.330 e. The SMILES string of the molecule is O=Cc1nc(-c2ccc(F)c(F)c2F)c(Br)[nH]1. The highest BCUT2D eigenvalue weighted by Gasteiger charge is 2.19. The van der Waals surface area contributed by atoms with Gasteiger partial charge in [0.2, 0.25) is 0 Å². The van der Waals surface area contributed by atoms with Crippen LogP contribution in [0, 0.1) is 17.5 Å². The highest BCUT2D eigenvalue weighted by molar-refractivity contribution is 9.10. The minimum absolute atomic E-state index is 0.00324. The maximum Gasteiger partial charge on any atom is 0.195 e. The number of nitrogens with zero attached hydrogens (tertiary/aromatic N) is 1. The van der Waals surface area contributed by atoms with Crippen LogP contribution >= 0.6 is 15.9 Å². The molecule has 0 spiro atoms. The number of carbonyl (C=O) groups excluding carboxylic acids is 1. The molecule has 2 rings (SSSR count). The first kappa shape index (κ1) is 11.8. The van der Waals surface area contributed by atoms with Crippen molar-refractivity contribution in [2.24, 2.45) is 0 Å². The van der Waals surface area contributed by atoms with Gasteiger partial charge >= 0.3 is 0 Å². The van der Waals surface area contributed by atoms with E-state index < -0.39 is 17.5 Å². The second kappa shape index (κ2) is 4.33. The highest BCUT2D eigenvalue weighted by atomic mass is 79.9. The van der Waals surface area contributed by atoms with Crippen molar-refractivity contribution in [2.45, 2.75) is 0 Å².